The van der Waals surface area contributed by atoms with Gasteiger partial charge in [0.25, 0.3) is 0 Å². The molecule has 2 aromatic rings. The van der Waals surface area contributed by atoms with Crippen LogP contribution in [0.25, 0.3) is 0 Å². The third-order valence-corrected chi connectivity index (χ3v) is 5.12. The van der Waals surface area contributed by atoms with Crippen molar-refractivity contribution in [1.82, 2.24) is 9.97 Å². The first kappa shape index (κ1) is 16.6. The van der Waals surface area contributed by atoms with Gasteiger partial charge in [0, 0.05) is 30.8 Å². The SMILES string of the molecule is c1cc(C2=NCc3ccnc(OC4CCOCC4)c32)cc(NC2COC2)n1. The Kier molecular flexibility index (Phi) is 4.47. The van der Waals surface area contributed by atoms with Crippen LogP contribution in [0.1, 0.15) is 29.5 Å². The summed E-state index contributed by atoms with van der Waals surface area (Å²) in [5.74, 6) is 1.52. The Bertz CT molecular complexity index is 860. The maximum absolute atomic E-state index is 6.25. The molecule has 27 heavy (non-hydrogen) atoms. The van der Waals surface area contributed by atoms with Gasteiger partial charge < -0.3 is 19.5 Å². The van der Waals surface area contributed by atoms with Crippen LogP contribution in [-0.2, 0) is 16.0 Å². The summed E-state index contributed by atoms with van der Waals surface area (Å²) in [7, 11) is 0. The van der Waals surface area contributed by atoms with E-state index in [4.69, 9.17) is 19.2 Å². The maximum Gasteiger partial charge on any atom is 0.223 e. The quantitative estimate of drug-likeness (QED) is 0.874. The highest BCUT2D eigenvalue weighted by atomic mass is 16.5. The van der Waals surface area contributed by atoms with Crippen LogP contribution in [-0.4, -0.2) is 54.3 Å². The summed E-state index contributed by atoms with van der Waals surface area (Å²) in [6.45, 7) is 3.58. The molecule has 7 heteroatoms. The zero-order valence-electron chi connectivity index (χ0n) is 15.1. The minimum Gasteiger partial charge on any atom is -0.474 e. The Balaban J connectivity index is 1.42. The van der Waals surface area contributed by atoms with Crippen molar-refractivity contribution in [3.63, 3.8) is 0 Å². The molecule has 0 spiro atoms. The second-order valence-corrected chi connectivity index (χ2v) is 7.05. The molecule has 2 saturated heterocycles. The number of aliphatic imine (C=N–C) groups is 1. The highest BCUT2D eigenvalue weighted by Crippen LogP contribution is 2.31. The standard InChI is InChI=1S/C20H22N4O3/c1-5-21-17(24-15-11-26-12-15)9-13(1)19-18-14(10-23-19)2-6-22-20(18)27-16-3-7-25-8-4-16/h1-2,5-6,9,15-16H,3-4,7-8,10-12H2,(H,21,24). The molecule has 0 atom stereocenters. The molecule has 2 aromatic heterocycles. The van der Waals surface area contributed by atoms with Gasteiger partial charge in [0.05, 0.1) is 50.3 Å². The fourth-order valence-electron chi connectivity index (χ4n) is 3.57. The molecule has 5 rings (SSSR count). The summed E-state index contributed by atoms with van der Waals surface area (Å²) in [5.41, 5.74) is 4.11. The van der Waals surface area contributed by atoms with Gasteiger partial charge in [-0.2, -0.15) is 0 Å². The Morgan fingerprint density at radius 2 is 1.89 bits per heavy atom. The van der Waals surface area contributed by atoms with Crippen molar-refractivity contribution in [2.45, 2.75) is 31.5 Å². The number of hydrogen-bond acceptors (Lipinski definition) is 7. The summed E-state index contributed by atoms with van der Waals surface area (Å²) >= 11 is 0. The van der Waals surface area contributed by atoms with Crippen molar-refractivity contribution >= 4 is 11.5 Å². The first-order valence-electron chi connectivity index (χ1n) is 9.44. The lowest BCUT2D eigenvalue weighted by Crippen LogP contribution is -2.40. The highest BCUT2D eigenvalue weighted by Gasteiger charge is 2.26. The van der Waals surface area contributed by atoms with Crippen LogP contribution in [0.3, 0.4) is 0 Å². The monoisotopic (exact) mass is 366 g/mol. The molecule has 0 unspecified atom stereocenters. The molecule has 2 fully saturated rings. The predicted octanol–water partition coefficient (Wildman–Crippen LogP) is 2.20. The average Bonchev–Trinajstić information content (AvgIpc) is 3.11. The van der Waals surface area contributed by atoms with E-state index in [0.29, 0.717) is 18.5 Å². The van der Waals surface area contributed by atoms with Gasteiger partial charge >= 0.3 is 0 Å². The van der Waals surface area contributed by atoms with Gasteiger partial charge in [0.1, 0.15) is 11.9 Å². The van der Waals surface area contributed by atoms with Crippen molar-refractivity contribution in [3.8, 4) is 5.88 Å². The Morgan fingerprint density at radius 1 is 1.04 bits per heavy atom. The van der Waals surface area contributed by atoms with Gasteiger partial charge in [0.2, 0.25) is 5.88 Å². The largest absolute Gasteiger partial charge is 0.474 e. The Morgan fingerprint density at radius 3 is 2.70 bits per heavy atom. The molecule has 3 aliphatic rings. The van der Waals surface area contributed by atoms with Crippen LogP contribution in [0.5, 0.6) is 5.88 Å². The lowest BCUT2D eigenvalue weighted by atomic mass is 10.0. The lowest BCUT2D eigenvalue weighted by molar-refractivity contribution is 0.0209. The van der Waals surface area contributed by atoms with Crippen molar-refractivity contribution in [2.24, 2.45) is 4.99 Å². The van der Waals surface area contributed by atoms with Crippen LogP contribution >= 0.6 is 0 Å². The molecule has 0 aromatic carbocycles. The van der Waals surface area contributed by atoms with E-state index in [0.717, 1.165) is 67.5 Å². The first-order chi connectivity index (χ1) is 13.4. The van der Waals surface area contributed by atoms with E-state index in [1.807, 2.05) is 30.6 Å². The normalized spacial score (nSPS) is 19.9. The van der Waals surface area contributed by atoms with E-state index in [1.54, 1.807) is 0 Å². The second kappa shape index (κ2) is 7.25. The summed E-state index contributed by atoms with van der Waals surface area (Å²) in [5, 5.41) is 3.39. The third-order valence-electron chi connectivity index (χ3n) is 5.12. The number of rotatable bonds is 5. The maximum atomic E-state index is 6.25. The molecule has 0 bridgehead atoms. The molecule has 1 N–H and O–H groups in total. The van der Waals surface area contributed by atoms with Crippen molar-refractivity contribution < 1.29 is 14.2 Å². The number of nitrogens with one attached hydrogen (secondary N) is 1. The number of fused-ring (bicyclic) bond motifs is 1. The van der Waals surface area contributed by atoms with E-state index < -0.39 is 0 Å². The second-order valence-electron chi connectivity index (χ2n) is 7.05. The van der Waals surface area contributed by atoms with Crippen LogP contribution in [0, 0.1) is 0 Å². The fraction of sp³-hybridized carbons (Fsp3) is 0.450. The zero-order valence-corrected chi connectivity index (χ0v) is 15.1. The van der Waals surface area contributed by atoms with E-state index in [2.05, 4.69) is 15.3 Å². The van der Waals surface area contributed by atoms with Crippen LogP contribution in [0.4, 0.5) is 5.82 Å². The van der Waals surface area contributed by atoms with Crippen LogP contribution in [0.2, 0.25) is 0 Å². The molecule has 5 heterocycles. The Hall–Kier alpha value is -2.51. The van der Waals surface area contributed by atoms with Crippen molar-refractivity contribution in [1.29, 1.82) is 0 Å². The zero-order chi connectivity index (χ0) is 18.1. The van der Waals surface area contributed by atoms with E-state index in [1.165, 1.54) is 0 Å². The van der Waals surface area contributed by atoms with Gasteiger partial charge in [-0.3, -0.25) is 4.99 Å². The van der Waals surface area contributed by atoms with Crippen LogP contribution in [0.15, 0.2) is 35.6 Å². The lowest BCUT2D eigenvalue weighted by Gasteiger charge is -2.27. The van der Waals surface area contributed by atoms with Gasteiger partial charge in [-0.15, -0.1) is 0 Å². The number of anilines is 1. The first-order valence-corrected chi connectivity index (χ1v) is 9.44. The highest BCUT2D eigenvalue weighted by molar-refractivity contribution is 6.16. The summed E-state index contributed by atoms with van der Waals surface area (Å²) in [4.78, 5) is 13.7. The van der Waals surface area contributed by atoms with E-state index in [9.17, 15) is 0 Å². The smallest absolute Gasteiger partial charge is 0.223 e. The fourth-order valence-corrected chi connectivity index (χ4v) is 3.57. The number of aromatic nitrogens is 2. The topological polar surface area (TPSA) is 77.9 Å². The van der Waals surface area contributed by atoms with Gasteiger partial charge in [-0.25, -0.2) is 9.97 Å². The molecule has 3 aliphatic heterocycles. The molecule has 0 saturated carbocycles. The predicted molar refractivity (Wildman–Crippen MR) is 101 cm³/mol. The summed E-state index contributed by atoms with van der Waals surface area (Å²) < 4.78 is 16.9. The molecule has 7 nitrogen and oxygen atoms in total. The number of hydrogen-bond donors (Lipinski definition) is 1. The number of nitrogens with zero attached hydrogens (tertiary/aromatic N) is 3. The van der Waals surface area contributed by atoms with Crippen LogP contribution < -0.4 is 10.1 Å². The van der Waals surface area contributed by atoms with Gasteiger partial charge in [0.15, 0.2) is 0 Å². The van der Waals surface area contributed by atoms with Gasteiger partial charge in [-0.05, 0) is 23.8 Å². The number of ether oxygens (including phenoxy) is 3. The summed E-state index contributed by atoms with van der Waals surface area (Å²) in [6.07, 6.45) is 5.55. The Labute approximate surface area is 157 Å². The molecular weight excluding hydrogens is 344 g/mol. The van der Waals surface area contributed by atoms with Crippen molar-refractivity contribution in [2.75, 3.05) is 31.7 Å². The summed E-state index contributed by atoms with van der Waals surface area (Å²) in [6, 6.07) is 6.38. The van der Waals surface area contributed by atoms with Gasteiger partial charge in [-0.1, -0.05) is 0 Å². The number of pyridine rings is 2. The minimum atomic E-state index is 0.146. The molecule has 0 radical (unpaired) electrons. The minimum absolute atomic E-state index is 0.146. The van der Waals surface area contributed by atoms with Crippen molar-refractivity contribution in [3.05, 3.63) is 47.3 Å². The molecule has 0 amide bonds. The molecule has 0 aliphatic carbocycles. The molecule has 140 valence electrons. The average molecular weight is 366 g/mol. The van der Waals surface area contributed by atoms with E-state index >= 15 is 0 Å². The third kappa shape index (κ3) is 3.40. The van der Waals surface area contributed by atoms with E-state index in [-0.39, 0.29) is 6.10 Å². The molecular formula is C20H22N4O3.